The largest absolute Gasteiger partial charge is 0.325 e. The number of carbonyl (C=O) groups excluding carboxylic acids is 1. The maximum Gasteiger partial charge on any atom is 0.282 e. The van der Waals surface area contributed by atoms with E-state index in [1.54, 1.807) is 0 Å². The minimum atomic E-state index is -3.64. The summed E-state index contributed by atoms with van der Waals surface area (Å²) in [4.78, 5) is 12.4. The molecule has 1 saturated heterocycles. The molecule has 0 radical (unpaired) electrons. The molecule has 0 bridgehead atoms. The van der Waals surface area contributed by atoms with Crippen LogP contribution in [0.2, 0.25) is 0 Å². The van der Waals surface area contributed by atoms with Crippen molar-refractivity contribution in [3.63, 3.8) is 0 Å². The molecule has 1 amide bonds. The van der Waals surface area contributed by atoms with Gasteiger partial charge in [0.15, 0.2) is 0 Å². The number of rotatable bonds is 5. The molecule has 6 nitrogen and oxygen atoms in total. The van der Waals surface area contributed by atoms with E-state index in [0.717, 1.165) is 22.3 Å². The molecular formula is C20H25N3O3S. The third kappa shape index (κ3) is 4.55. The molecule has 1 fully saturated rings. The first-order valence-corrected chi connectivity index (χ1v) is 10.3. The lowest BCUT2D eigenvalue weighted by Gasteiger charge is -2.19. The van der Waals surface area contributed by atoms with Crippen LogP contribution in [-0.2, 0) is 21.5 Å². The second-order valence-corrected chi connectivity index (χ2v) is 8.96. The Morgan fingerprint density at radius 3 is 2.41 bits per heavy atom. The van der Waals surface area contributed by atoms with Crippen molar-refractivity contribution in [3.05, 3.63) is 64.7 Å². The fourth-order valence-corrected chi connectivity index (χ4v) is 4.80. The molecule has 0 spiro atoms. The number of hydrogen-bond donors (Lipinski definition) is 1. The van der Waals surface area contributed by atoms with Crippen molar-refractivity contribution in [1.29, 1.82) is 0 Å². The second kappa shape index (κ2) is 7.80. The van der Waals surface area contributed by atoms with Gasteiger partial charge >= 0.3 is 0 Å². The maximum atomic E-state index is 12.8. The van der Waals surface area contributed by atoms with Gasteiger partial charge in [-0.05, 0) is 38.0 Å². The highest BCUT2D eigenvalue weighted by Crippen LogP contribution is 2.21. The number of hydrogen-bond acceptors (Lipinski definition) is 3. The molecule has 1 aliphatic rings. The lowest BCUT2D eigenvalue weighted by Crippen LogP contribution is -2.37. The average molecular weight is 388 g/mol. The first kappa shape index (κ1) is 19.5. The van der Waals surface area contributed by atoms with Gasteiger partial charge in [0, 0.05) is 25.3 Å². The van der Waals surface area contributed by atoms with Gasteiger partial charge in [0.2, 0.25) is 5.91 Å². The molecule has 0 aliphatic carbocycles. The molecule has 0 saturated carbocycles. The Hall–Kier alpha value is -2.22. The smallest absolute Gasteiger partial charge is 0.282 e. The second-order valence-electron chi connectivity index (χ2n) is 7.03. The molecule has 0 unspecified atom stereocenters. The number of nitrogens with one attached hydrogen (secondary N) is 1. The quantitative estimate of drug-likeness (QED) is 0.857. The van der Waals surface area contributed by atoms with E-state index in [1.807, 2.05) is 63.2 Å². The van der Waals surface area contributed by atoms with Crippen LogP contribution in [0, 0.1) is 20.8 Å². The Labute approximate surface area is 161 Å². The third-order valence-electron chi connectivity index (χ3n) is 4.67. The molecule has 2 aromatic carbocycles. The maximum absolute atomic E-state index is 12.8. The van der Waals surface area contributed by atoms with Gasteiger partial charge < -0.3 is 5.32 Å². The fourth-order valence-electron chi connectivity index (χ4n) is 3.26. The van der Waals surface area contributed by atoms with Gasteiger partial charge in [-0.2, -0.15) is 17.0 Å². The van der Waals surface area contributed by atoms with Crippen LogP contribution < -0.4 is 5.32 Å². The SMILES string of the molecule is Cc1cccc(CN2CCN(CC(=O)Nc3ccc(C)cc3C)S2(=O)=O)c1. The van der Waals surface area contributed by atoms with Crippen molar-refractivity contribution in [3.8, 4) is 0 Å². The molecule has 1 N–H and O–H groups in total. The van der Waals surface area contributed by atoms with Crippen LogP contribution in [0.25, 0.3) is 0 Å². The van der Waals surface area contributed by atoms with E-state index in [1.165, 1.54) is 8.61 Å². The molecule has 7 heteroatoms. The van der Waals surface area contributed by atoms with Crippen molar-refractivity contribution in [1.82, 2.24) is 8.61 Å². The molecule has 27 heavy (non-hydrogen) atoms. The summed E-state index contributed by atoms with van der Waals surface area (Å²) in [6, 6.07) is 13.5. The highest BCUT2D eigenvalue weighted by molar-refractivity contribution is 7.87. The van der Waals surface area contributed by atoms with Gasteiger partial charge in [0.1, 0.15) is 0 Å². The molecule has 2 aromatic rings. The highest BCUT2D eigenvalue weighted by atomic mass is 32.2. The number of aryl methyl sites for hydroxylation is 3. The first-order chi connectivity index (χ1) is 12.8. The summed E-state index contributed by atoms with van der Waals surface area (Å²) in [6.45, 7) is 6.71. The summed E-state index contributed by atoms with van der Waals surface area (Å²) in [6.07, 6.45) is 0. The van der Waals surface area contributed by atoms with Crippen LogP contribution in [0.3, 0.4) is 0 Å². The minimum absolute atomic E-state index is 0.181. The monoisotopic (exact) mass is 387 g/mol. The lowest BCUT2D eigenvalue weighted by atomic mass is 10.1. The number of carbonyl (C=O) groups is 1. The number of benzene rings is 2. The van der Waals surface area contributed by atoms with Gasteiger partial charge in [0.25, 0.3) is 10.2 Å². The van der Waals surface area contributed by atoms with Crippen LogP contribution in [0.5, 0.6) is 0 Å². The molecule has 1 aliphatic heterocycles. The zero-order valence-corrected chi connectivity index (χ0v) is 16.7. The summed E-state index contributed by atoms with van der Waals surface area (Å²) in [7, 11) is -3.64. The Kier molecular flexibility index (Phi) is 5.64. The van der Waals surface area contributed by atoms with E-state index in [0.29, 0.717) is 25.3 Å². The van der Waals surface area contributed by atoms with Crippen LogP contribution in [-0.4, -0.2) is 42.6 Å². The third-order valence-corrected chi connectivity index (χ3v) is 6.60. The first-order valence-electron chi connectivity index (χ1n) is 8.93. The van der Waals surface area contributed by atoms with E-state index >= 15 is 0 Å². The van der Waals surface area contributed by atoms with E-state index in [4.69, 9.17) is 0 Å². The van der Waals surface area contributed by atoms with Crippen LogP contribution in [0.15, 0.2) is 42.5 Å². The summed E-state index contributed by atoms with van der Waals surface area (Å²) in [5.41, 5.74) is 4.81. The van der Waals surface area contributed by atoms with Crippen molar-refractivity contribution in [2.45, 2.75) is 27.3 Å². The van der Waals surface area contributed by atoms with Crippen LogP contribution >= 0.6 is 0 Å². The predicted molar refractivity (Wildman–Crippen MR) is 107 cm³/mol. The molecule has 0 aromatic heterocycles. The number of anilines is 1. The Bertz CT molecular complexity index is 957. The number of amides is 1. The molecule has 0 atom stereocenters. The van der Waals surface area contributed by atoms with Crippen LogP contribution in [0.1, 0.15) is 22.3 Å². The summed E-state index contributed by atoms with van der Waals surface area (Å²) >= 11 is 0. The summed E-state index contributed by atoms with van der Waals surface area (Å²) in [5.74, 6) is -0.331. The van der Waals surface area contributed by atoms with Gasteiger partial charge in [0.05, 0.1) is 6.54 Å². The minimum Gasteiger partial charge on any atom is -0.325 e. The van der Waals surface area contributed by atoms with E-state index in [-0.39, 0.29) is 12.5 Å². The van der Waals surface area contributed by atoms with Gasteiger partial charge in [-0.25, -0.2) is 0 Å². The zero-order valence-electron chi connectivity index (χ0n) is 15.9. The van der Waals surface area contributed by atoms with E-state index < -0.39 is 10.2 Å². The predicted octanol–water partition coefficient (Wildman–Crippen LogP) is 2.61. The van der Waals surface area contributed by atoms with Crippen molar-refractivity contribution in [2.75, 3.05) is 25.0 Å². The molecule has 144 valence electrons. The van der Waals surface area contributed by atoms with Crippen molar-refractivity contribution < 1.29 is 13.2 Å². The molecule has 1 heterocycles. The van der Waals surface area contributed by atoms with Gasteiger partial charge in [-0.1, -0.05) is 47.5 Å². The standard InChI is InChI=1S/C20H25N3O3S/c1-15-5-4-6-18(12-15)13-22-9-10-23(27(22,25)26)14-20(24)21-19-8-7-16(2)11-17(19)3/h4-8,11-12H,9-10,13-14H2,1-3H3,(H,21,24). The van der Waals surface area contributed by atoms with Gasteiger partial charge in [-0.15, -0.1) is 0 Å². The highest BCUT2D eigenvalue weighted by Gasteiger charge is 2.37. The molecule has 3 rings (SSSR count). The summed E-state index contributed by atoms with van der Waals surface area (Å²) < 4.78 is 28.2. The van der Waals surface area contributed by atoms with Gasteiger partial charge in [-0.3, -0.25) is 4.79 Å². The van der Waals surface area contributed by atoms with Crippen LogP contribution in [0.4, 0.5) is 5.69 Å². The fraction of sp³-hybridized carbons (Fsp3) is 0.350. The number of nitrogens with zero attached hydrogens (tertiary/aromatic N) is 2. The van der Waals surface area contributed by atoms with E-state index in [2.05, 4.69) is 5.32 Å². The Morgan fingerprint density at radius 1 is 1.00 bits per heavy atom. The Balaban J connectivity index is 1.64. The normalized spacial score (nSPS) is 17.1. The Morgan fingerprint density at radius 2 is 1.70 bits per heavy atom. The topological polar surface area (TPSA) is 69.7 Å². The van der Waals surface area contributed by atoms with Crippen molar-refractivity contribution >= 4 is 21.8 Å². The summed E-state index contributed by atoms with van der Waals surface area (Å²) in [5, 5.41) is 2.81. The molecular weight excluding hydrogens is 362 g/mol. The zero-order chi connectivity index (χ0) is 19.6. The average Bonchev–Trinajstić information content (AvgIpc) is 2.85. The lowest BCUT2D eigenvalue weighted by molar-refractivity contribution is -0.116. The van der Waals surface area contributed by atoms with Crippen molar-refractivity contribution in [2.24, 2.45) is 0 Å². The van der Waals surface area contributed by atoms with E-state index in [9.17, 15) is 13.2 Å².